The third kappa shape index (κ3) is 3.31. The van der Waals surface area contributed by atoms with Gasteiger partial charge in [0.05, 0.1) is 0 Å². The van der Waals surface area contributed by atoms with E-state index in [0.29, 0.717) is 0 Å². The van der Waals surface area contributed by atoms with Gasteiger partial charge in [-0.2, -0.15) is 61.5 Å². The summed E-state index contributed by atoms with van der Waals surface area (Å²) >= 11 is 0. The van der Waals surface area contributed by atoms with Crippen LogP contribution in [0.4, 0.5) is 61.5 Å². The first-order chi connectivity index (χ1) is 9.50. The zero-order valence-electron chi connectivity index (χ0n) is 9.86. The van der Waals surface area contributed by atoms with Gasteiger partial charge in [0.1, 0.15) is 0 Å². The minimum atomic E-state index is -9.39. The monoisotopic (exact) mass is 508 g/mol. The predicted octanol–water partition coefficient (Wildman–Crippen LogP) is 4.20. The Morgan fingerprint density at radius 3 is 0.833 bits per heavy atom. The van der Waals surface area contributed by atoms with Gasteiger partial charge in [-0.3, -0.25) is 0 Å². The first-order valence-electron chi connectivity index (χ1n) is 4.46. The van der Waals surface area contributed by atoms with Crippen molar-refractivity contribution in [3.05, 3.63) is 0 Å². The van der Waals surface area contributed by atoms with Crippen LogP contribution in [-0.4, -0.2) is 35.5 Å². The van der Waals surface area contributed by atoms with Crippen LogP contribution in [0.25, 0.3) is 0 Å². The molecule has 24 heavy (non-hydrogen) atoms. The fourth-order valence-corrected chi connectivity index (χ4v) is 2.23. The summed E-state index contributed by atoms with van der Waals surface area (Å²) in [5.41, 5.74) is -16.0. The summed E-state index contributed by atoms with van der Waals surface area (Å²) < 4.78 is 180. The molecule has 0 aromatic rings. The first kappa shape index (κ1) is 26.2. The molecule has 0 bridgehead atoms. The van der Waals surface area contributed by atoms with Crippen LogP contribution in [0, 0.1) is 0 Å². The van der Waals surface area contributed by atoms with Crippen LogP contribution < -0.4 is 4.89 Å². The van der Waals surface area contributed by atoms with Gasteiger partial charge >= 0.3 is 57.9 Å². The van der Waals surface area contributed by atoms with Gasteiger partial charge in [-0.15, -0.1) is 0 Å². The molecule has 0 unspecified atom stereocenters. The molecule has 0 aromatic carbocycles. The molecule has 2 nitrogen and oxygen atoms in total. The van der Waals surface area contributed by atoms with Gasteiger partial charge in [0.2, 0.25) is 0 Å². The topological polar surface area (TPSA) is 40.1 Å². The van der Waals surface area contributed by atoms with Gasteiger partial charge in [0.25, 0.3) is 0 Å². The van der Waals surface area contributed by atoms with Gasteiger partial charge in [-0.1, -0.05) is 0 Å². The molecule has 0 saturated heterocycles. The van der Waals surface area contributed by atoms with E-state index in [1.54, 1.807) is 0 Å². The second-order valence-corrected chi connectivity index (χ2v) is 6.00. The third-order valence-electron chi connectivity index (χ3n) is 2.21. The Bertz CT molecular complexity index is 464. The second-order valence-electron chi connectivity index (χ2n) is 3.78. The molecule has 0 aliphatic rings. The summed E-state index contributed by atoms with van der Waals surface area (Å²) in [6, 6.07) is 0. The smallest absolute Gasteiger partial charge is 0.791 e. The zero-order chi connectivity index (χ0) is 19.5. The summed E-state index contributed by atoms with van der Waals surface area (Å²) in [4.78, 5) is 10.4. The van der Waals surface area contributed by atoms with Crippen LogP contribution >= 0.6 is 7.37 Å². The predicted molar refractivity (Wildman–Crippen MR) is 39.5 cm³/mol. The molecular weight excluding hydrogens is 509 g/mol. The maximum atomic E-state index is 12.7. The average molecular weight is 509 g/mol. The molecule has 0 rings (SSSR count). The van der Waals surface area contributed by atoms with Gasteiger partial charge in [-0.05, 0) is 0 Å². The van der Waals surface area contributed by atoms with E-state index in [1.807, 2.05) is 0 Å². The summed E-state index contributed by atoms with van der Waals surface area (Å²) in [6.07, 6.45) is -15.1. The van der Waals surface area contributed by atoms with Gasteiger partial charge < -0.3 is 9.46 Å². The Kier molecular flexibility index (Phi) is 6.85. The molecule has 0 atom stereocenters. The van der Waals surface area contributed by atoms with E-state index in [2.05, 4.69) is 0 Å². The number of hydrogen-bond acceptors (Lipinski definition) is 2. The molecule has 0 aliphatic heterocycles. The molecule has 0 spiro atoms. The van der Waals surface area contributed by atoms with Crippen molar-refractivity contribution < 1.29 is 93.3 Å². The zero-order valence-corrected chi connectivity index (χ0v) is 12.2. The van der Waals surface area contributed by atoms with Gasteiger partial charge in [0, 0.05) is 0 Å². The maximum absolute atomic E-state index is 12.7. The van der Waals surface area contributed by atoms with Crippen LogP contribution in [0.1, 0.15) is 0 Å². The van der Waals surface area contributed by atoms with E-state index in [0.717, 1.165) is 0 Å². The van der Waals surface area contributed by atoms with E-state index in [1.165, 1.54) is 0 Å². The van der Waals surface area contributed by atoms with Crippen molar-refractivity contribution in [2.45, 2.75) is 35.5 Å². The number of rotatable bonds is 4. The van der Waals surface area contributed by atoms with Gasteiger partial charge in [0.15, 0.2) is 7.37 Å². The van der Waals surface area contributed by atoms with Crippen molar-refractivity contribution in [1.82, 2.24) is 0 Å². The molecule has 0 aliphatic carbocycles. The van der Waals surface area contributed by atoms with E-state index in [-0.39, 0.29) is 22.4 Å². The van der Waals surface area contributed by atoms with E-state index in [9.17, 15) is 70.9 Å². The minimum Gasteiger partial charge on any atom is -0.791 e. The van der Waals surface area contributed by atoms with E-state index < -0.39 is 42.9 Å². The fourth-order valence-electron chi connectivity index (χ4n) is 0.887. The Morgan fingerprint density at radius 1 is 0.542 bits per heavy atom. The molecule has 0 saturated carbocycles. The quantitative estimate of drug-likeness (QED) is 0.324. The number of halogens is 14. The summed E-state index contributed by atoms with van der Waals surface area (Å²) in [5.74, 6) is -15.7. The molecule has 0 aromatic heterocycles. The van der Waals surface area contributed by atoms with Gasteiger partial charge in [-0.25, -0.2) is 0 Å². The van der Waals surface area contributed by atoms with E-state index in [4.69, 9.17) is 0 Å². The average Bonchev–Trinajstić information content (AvgIpc) is 2.24. The molecule has 18 heteroatoms. The van der Waals surface area contributed by atoms with Crippen LogP contribution in [-0.2, 0) is 26.9 Å². The van der Waals surface area contributed by atoms with Crippen molar-refractivity contribution in [2.24, 2.45) is 0 Å². The van der Waals surface area contributed by atoms with Crippen molar-refractivity contribution in [3.63, 3.8) is 0 Å². The number of hydrogen-bond donors (Lipinski definition) is 0. The Morgan fingerprint density at radius 2 is 0.708 bits per heavy atom. The molecule has 0 amide bonds. The Labute approximate surface area is 137 Å². The Hall–Kier alpha value is -0.0497. The van der Waals surface area contributed by atoms with E-state index >= 15 is 0 Å². The number of alkyl halides is 14. The van der Waals surface area contributed by atoms with Crippen LogP contribution in [0.2, 0.25) is 0 Å². The van der Waals surface area contributed by atoms with Crippen LogP contribution in [0.15, 0.2) is 0 Å². The third-order valence-corrected chi connectivity index (χ3v) is 4.25. The summed E-state index contributed by atoms with van der Waals surface area (Å²) in [6.45, 7) is 0. The molecule has 0 heterocycles. The SMILES string of the molecule is O=P([O-])(C(F)(F)C(F)(F)C(F)(F)F)C(F)(F)C(F)(F)C(F)(F)F.[Ag+]. The summed E-state index contributed by atoms with van der Waals surface area (Å²) in [5, 5.41) is 0. The van der Waals surface area contributed by atoms with Crippen LogP contribution in [0.3, 0.4) is 0 Å². The Balaban J connectivity index is 0. The molecule has 150 valence electrons. The molecule has 0 N–H and O–H groups in total. The van der Waals surface area contributed by atoms with Crippen molar-refractivity contribution in [1.29, 1.82) is 0 Å². The molecule has 0 fully saturated rings. The minimum absolute atomic E-state index is 0. The first-order valence-corrected chi connectivity index (χ1v) is 6.08. The molecule has 0 radical (unpaired) electrons. The van der Waals surface area contributed by atoms with Crippen LogP contribution in [0.5, 0.6) is 0 Å². The maximum Gasteiger partial charge on any atom is 1.00 e. The second kappa shape index (κ2) is 6.28. The fraction of sp³-hybridized carbons (Fsp3) is 1.00. The van der Waals surface area contributed by atoms with Crippen molar-refractivity contribution in [3.8, 4) is 0 Å². The normalized spacial score (nSPS) is 16.0. The standard InChI is InChI=1S/C6HF14O2P.Ag/c7-1(8,3(11,12)13)5(17,18)23(21,22)6(19,20)2(9,10)4(14,15)16;/h(H,21,22);/q;+1/p-1. The largest absolute Gasteiger partial charge is 1.00 e. The summed E-state index contributed by atoms with van der Waals surface area (Å²) in [7, 11) is -9.39. The van der Waals surface area contributed by atoms with Crippen molar-refractivity contribution >= 4 is 7.37 Å². The molecular formula is C6AgF14O2P. The van der Waals surface area contributed by atoms with Crippen molar-refractivity contribution in [2.75, 3.05) is 0 Å².